The molecule has 1 fully saturated rings. The predicted molar refractivity (Wildman–Crippen MR) is 75.6 cm³/mol. The first-order valence-electron chi connectivity index (χ1n) is 6.36. The van der Waals surface area contributed by atoms with E-state index in [1.165, 1.54) is 20.3 Å². The Morgan fingerprint density at radius 3 is 2.60 bits per heavy atom. The van der Waals surface area contributed by atoms with Crippen molar-refractivity contribution in [3.05, 3.63) is 22.7 Å². The summed E-state index contributed by atoms with van der Waals surface area (Å²) in [4.78, 5) is 12.1. The Kier molecular flexibility index (Phi) is 4.40. The molecule has 110 valence electrons. The largest absolute Gasteiger partial charge is 0.493 e. The summed E-state index contributed by atoms with van der Waals surface area (Å²) in [7, 11) is 2.97. The number of aliphatic hydroxyl groups is 1. The zero-order valence-corrected chi connectivity index (χ0v) is 12.3. The van der Waals surface area contributed by atoms with E-state index < -0.39 is 0 Å². The van der Waals surface area contributed by atoms with Gasteiger partial charge >= 0.3 is 0 Å². The summed E-state index contributed by atoms with van der Waals surface area (Å²) in [5.41, 5.74) is 0.275. The van der Waals surface area contributed by atoms with Crippen molar-refractivity contribution in [3.63, 3.8) is 0 Å². The molecule has 1 amide bonds. The molecular weight excluding hydrogens is 282 g/mol. The van der Waals surface area contributed by atoms with Gasteiger partial charge in [-0.1, -0.05) is 11.6 Å². The number of methoxy groups -OCH3 is 2. The molecule has 0 saturated heterocycles. The van der Waals surface area contributed by atoms with Gasteiger partial charge in [-0.3, -0.25) is 4.79 Å². The van der Waals surface area contributed by atoms with E-state index in [0.29, 0.717) is 28.6 Å². The fourth-order valence-corrected chi connectivity index (χ4v) is 2.27. The van der Waals surface area contributed by atoms with E-state index in [1.54, 1.807) is 6.07 Å². The number of nitrogens with one attached hydrogen (secondary N) is 1. The van der Waals surface area contributed by atoms with E-state index in [4.69, 9.17) is 21.1 Å². The Hall–Kier alpha value is -1.46. The average molecular weight is 300 g/mol. The van der Waals surface area contributed by atoms with Gasteiger partial charge in [-0.25, -0.2) is 0 Å². The van der Waals surface area contributed by atoms with Crippen LogP contribution in [0.3, 0.4) is 0 Å². The fraction of sp³-hybridized carbons (Fsp3) is 0.500. The number of hydrogen-bond donors (Lipinski definition) is 2. The lowest BCUT2D eigenvalue weighted by Gasteiger charge is -2.14. The monoisotopic (exact) mass is 299 g/mol. The Labute approximate surface area is 122 Å². The highest BCUT2D eigenvalue weighted by Crippen LogP contribution is 2.44. The van der Waals surface area contributed by atoms with E-state index in [9.17, 15) is 9.90 Å². The van der Waals surface area contributed by atoms with Crippen molar-refractivity contribution in [1.82, 2.24) is 5.32 Å². The molecule has 6 heteroatoms. The number of carbonyl (C=O) groups excluding carboxylic acids is 1. The lowest BCUT2D eigenvalue weighted by molar-refractivity contribution is 0.0935. The zero-order chi connectivity index (χ0) is 14.8. The van der Waals surface area contributed by atoms with Gasteiger partial charge < -0.3 is 19.9 Å². The smallest absolute Gasteiger partial charge is 0.251 e. The maximum atomic E-state index is 12.1. The minimum absolute atomic E-state index is 0.0972. The Morgan fingerprint density at radius 2 is 2.10 bits per heavy atom. The second-order valence-corrected chi connectivity index (χ2v) is 5.44. The highest BCUT2D eigenvalue weighted by Gasteiger charge is 2.42. The van der Waals surface area contributed by atoms with Crippen LogP contribution in [0.2, 0.25) is 5.02 Å². The lowest BCUT2D eigenvalue weighted by atomic mass is 10.1. The number of amides is 1. The molecule has 1 aromatic rings. The van der Waals surface area contributed by atoms with Gasteiger partial charge in [0.05, 0.1) is 25.8 Å². The number of halogens is 1. The minimum Gasteiger partial charge on any atom is -0.493 e. The van der Waals surface area contributed by atoms with Crippen LogP contribution in [0.1, 0.15) is 23.2 Å². The molecule has 20 heavy (non-hydrogen) atoms. The average Bonchev–Trinajstić information content (AvgIpc) is 3.24. The Bertz CT molecular complexity index is 514. The van der Waals surface area contributed by atoms with Crippen molar-refractivity contribution in [2.24, 2.45) is 5.41 Å². The van der Waals surface area contributed by atoms with Crippen molar-refractivity contribution >= 4 is 17.5 Å². The van der Waals surface area contributed by atoms with E-state index >= 15 is 0 Å². The summed E-state index contributed by atoms with van der Waals surface area (Å²) in [5, 5.41) is 12.4. The van der Waals surface area contributed by atoms with E-state index in [1.807, 2.05) is 0 Å². The highest BCUT2D eigenvalue weighted by molar-refractivity contribution is 6.32. The lowest BCUT2D eigenvalue weighted by Crippen LogP contribution is -2.31. The van der Waals surface area contributed by atoms with Crippen molar-refractivity contribution in [1.29, 1.82) is 0 Å². The Morgan fingerprint density at radius 1 is 1.40 bits per heavy atom. The molecule has 0 spiro atoms. The first kappa shape index (κ1) is 14.9. The van der Waals surface area contributed by atoms with Crippen LogP contribution in [-0.4, -0.2) is 38.4 Å². The molecule has 0 aliphatic heterocycles. The van der Waals surface area contributed by atoms with Crippen molar-refractivity contribution < 1.29 is 19.4 Å². The molecule has 2 N–H and O–H groups in total. The summed E-state index contributed by atoms with van der Waals surface area (Å²) in [6.07, 6.45) is 1.88. The number of rotatable bonds is 6. The molecule has 2 rings (SSSR count). The molecule has 0 heterocycles. The third-order valence-corrected chi connectivity index (χ3v) is 3.89. The number of aliphatic hydroxyl groups excluding tert-OH is 1. The van der Waals surface area contributed by atoms with Crippen LogP contribution in [0.4, 0.5) is 0 Å². The van der Waals surface area contributed by atoms with Crippen LogP contribution in [0.25, 0.3) is 0 Å². The minimum atomic E-state index is -0.243. The SMILES string of the molecule is COc1cc(C(=O)NCC2(CO)CC2)cc(Cl)c1OC. The molecule has 0 bridgehead atoms. The zero-order valence-electron chi connectivity index (χ0n) is 11.5. The molecule has 0 unspecified atom stereocenters. The molecular formula is C14H18ClNO4. The van der Waals surface area contributed by atoms with Crippen LogP contribution in [0.15, 0.2) is 12.1 Å². The summed E-state index contributed by atoms with van der Waals surface area (Å²) in [5.74, 6) is 0.570. The van der Waals surface area contributed by atoms with Crippen LogP contribution >= 0.6 is 11.6 Å². The molecule has 1 aliphatic rings. The maximum Gasteiger partial charge on any atom is 0.251 e. The first-order valence-corrected chi connectivity index (χ1v) is 6.73. The normalized spacial score (nSPS) is 15.6. The van der Waals surface area contributed by atoms with Crippen molar-refractivity contribution in [2.75, 3.05) is 27.4 Å². The van der Waals surface area contributed by atoms with Crippen molar-refractivity contribution in [3.8, 4) is 11.5 Å². The quantitative estimate of drug-likeness (QED) is 0.841. The standard InChI is InChI=1S/C14H18ClNO4/c1-19-11-6-9(5-10(15)12(11)20-2)13(18)16-7-14(8-17)3-4-14/h5-6,17H,3-4,7-8H2,1-2H3,(H,16,18). The fourth-order valence-electron chi connectivity index (χ4n) is 1.99. The second kappa shape index (κ2) is 5.89. The van der Waals surface area contributed by atoms with Gasteiger partial charge in [-0.2, -0.15) is 0 Å². The molecule has 0 radical (unpaired) electrons. The van der Waals surface area contributed by atoms with Crippen LogP contribution in [0.5, 0.6) is 11.5 Å². The van der Waals surface area contributed by atoms with Crippen molar-refractivity contribution in [2.45, 2.75) is 12.8 Å². The summed E-state index contributed by atoms with van der Waals surface area (Å²) in [6.45, 7) is 0.564. The second-order valence-electron chi connectivity index (χ2n) is 5.03. The van der Waals surface area contributed by atoms with E-state index in [0.717, 1.165) is 12.8 Å². The number of hydrogen-bond acceptors (Lipinski definition) is 4. The van der Waals surface area contributed by atoms with Gasteiger partial charge in [0.2, 0.25) is 0 Å². The number of carbonyl (C=O) groups is 1. The van der Waals surface area contributed by atoms with Crippen LogP contribution in [0, 0.1) is 5.41 Å². The third-order valence-electron chi connectivity index (χ3n) is 3.61. The number of ether oxygens (including phenoxy) is 2. The summed E-state index contributed by atoms with van der Waals surface area (Å²) >= 11 is 6.06. The highest BCUT2D eigenvalue weighted by atomic mass is 35.5. The molecule has 1 saturated carbocycles. The topological polar surface area (TPSA) is 67.8 Å². The first-order chi connectivity index (χ1) is 9.55. The molecule has 0 atom stereocenters. The Balaban J connectivity index is 2.11. The van der Waals surface area contributed by atoms with Gasteiger partial charge in [-0.05, 0) is 25.0 Å². The molecule has 1 aliphatic carbocycles. The molecule has 5 nitrogen and oxygen atoms in total. The van der Waals surface area contributed by atoms with Gasteiger partial charge in [0.15, 0.2) is 11.5 Å². The van der Waals surface area contributed by atoms with Gasteiger partial charge in [0.25, 0.3) is 5.91 Å². The maximum absolute atomic E-state index is 12.1. The van der Waals surface area contributed by atoms with Crippen LogP contribution < -0.4 is 14.8 Å². The van der Waals surface area contributed by atoms with E-state index in [2.05, 4.69) is 5.32 Å². The number of benzene rings is 1. The van der Waals surface area contributed by atoms with Gasteiger partial charge in [0, 0.05) is 17.5 Å². The molecule has 0 aromatic heterocycles. The van der Waals surface area contributed by atoms with Gasteiger partial charge in [0.1, 0.15) is 0 Å². The third kappa shape index (κ3) is 2.99. The van der Waals surface area contributed by atoms with Crippen LogP contribution in [-0.2, 0) is 0 Å². The summed E-state index contributed by atoms with van der Waals surface area (Å²) < 4.78 is 10.3. The molecule has 1 aromatic carbocycles. The summed E-state index contributed by atoms with van der Waals surface area (Å²) in [6, 6.07) is 3.12. The van der Waals surface area contributed by atoms with E-state index in [-0.39, 0.29) is 17.9 Å². The van der Waals surface area contributed by atoms with Gasteiger partial charge in [-0.15, -0.1) is 0 Å². The predicted octanol–water partition coefficient (Wildman–Crippen LogP) is 1.86.